The standard InChI is InChI=1S/C27H34F3N7O2/c1-4-20-15-21(8-7-18(20)2)32-22-16-23(38)37(26(39)33-22)10-6-5-9-35-11-13-36(14-12-35)25-31-17-19(3)24(34-25)27(28,29)30/h7-8,15-17,32H,4-6,9-14H2,1-3H3,(H,33,39). The van der Waals surface area contributed by atoms with Crippen LogP contribution in [0.1, 0.15) is 42.1 Å². The van der Waals surface area contributed by atoms with Crippen molar-refractivity contribution in [2.45, 2.75) is 52.8 Å². The van der Waals surface area contributed by atoms with Crippen LogP contribution < -0.4 is 21.5 Å². The maximum Gasteiger partial charge on any atom is 0.433 e. The highest BCUT2D eigenvalue weighted by molar-refractivity contribution is 5.57. The quantitative estimate of drug-likeness (QED) is 0.394. The molecule has 210 valence electrons. The number of nitrogens with one attached hydrogen (secondary N) is 2. The Morgan fingerprint density at radius 1 is 1.00 bits per heavy atom. The van der Waals surface area contributed by atoms with Crippen LogP contribution in [-0.4, -0.2) is 57.1 Å². The highest BCUT2D eigenvalue weighted by Crippen LogP contribution is 2.31. The summed E-state index contributed by atoms with van der Waals surface area (Å²) in [7, 11) is 0. The first-order chi connectivity index (χ1) is 18.5. The molecule has 0 atom stereocenters. The Balaban J connectivity index is 1.25. The van der Waals surface area contributed by atoms with Crippen molar-refractivity contribution in [1.29, 1.82) is 0 Å². The van der Waals surface area contributed by atoms with E-state index in [1.807, 2.05) is 25.1 Å². The lowest BCUT2D eigenvalue weighted by Crippen LogP contribution is -2.47. The highest BCUT2D eigenvalue weighted by Gasteiger charge is 2.35. The zero-order chi connectivity index (χ0) is 28.2. The van der Waals surface area contributed by atoms with Crippen LogP contribution >= 0.6 is 0 Å². The first-order valence-electron chi connectivity index (χ1n) is 13.1. The Morgan fingerprint density at radius 2 is 1.72 bits per heavy atom. The molecule has 0 radical (unpaired) electrons. The van der Waals surface area contributed by atoms with E-state index in [9.17, 15) is 22.8 Å². The van der Waals surface area contributed by atoms with Crippen molar-refractivity contribution in [3.8, 4) is 0 Å². The van der Waals surface area contributed by atoms with Crippen molar-refractivity contribution in [2.24, 2.45) is 0 Å². The maximum absolute atomic E-state index is 13.2. The van der Waals surface area contributed by atoms with E-state index in [2.05, 4.69) is 32.1 Å². The monoisotopic (exact) mass is 545 g/mol. The molecule has 1 aliphatic heterocycles. The molecule has 3 heterocycles. The van der Waals surface area contributed by atoms with Gasteiger partial charge >= 0.3 is 11.9 Å². The van der Waals surface area contributed by atoms with Gasteiger partial charge in [-0.25, -0.2) is 14.8 Å². The van der Waals surface area contributed by atoms with Gasteiger partial charge in [-0.2, -0.15) is 13.2 Å². The number of unbranched alkanes of at least 4 members (excludes halogenated alkanes) is 1. The lowest BCUT2D eigenvalue weighted by atomic mass is 10.1. The van der Waals surface area contributed by atoms with E-state index < -0.39 is 17.6 Å². The van der Waals surface area contributed by atoms with Crippen molar-refractivity contribution in [3.05, 3.63) is 73.7 Å². The lowest BCUT2D eigenvalue weighted by Gasteiger charge is -2.35. The Kier molecular flexibility index (Phi) is 8.73. The summed E-state index contributed by atoms with van der Waals surface area (Å²) in [5.41, 5.74) is 1.46. The molecule has 1 aliphatic rings. The number of aryl methyl sites for hydroxylation is 3. The van der Waals surface area contributed by atoms with Crippen molar-refractivity contribution >= 4 is 17.5 Å². The number of nitrogens with zero attached hydrogens (tertiary/aromatic N) is 5. The molecular weight excluding hydrogens is 511 g/mol. The molecule has 0 bridgehead atoms. The van der Waals surface area contributed by atoms with Crippen LogP contribution in [0.5, 0.6) is 0 Å². The van der Waals surface area contributed by atoms with Gasteiger partial charge in [0.1, 0.15) is 5.82 Å². The molecule has 1 fully saturated rings. The van der Waals surface area contributed by atoms with Gasteiger partial charge < -0.3 is 10.2 Å². The number of hydrogen-bond donors (Lipinski definition) is 2. The second kappa shape index (κ2) is 12.0. The molecule has 9 nitrogen and oxygen atoms in total. The van der Waals surface area contributed by atoms with E-state index in [-0.39, 0.29) is 17.1 Å². The second-order valence-electron chi connectivity index (χ2n) is 9.83. The molecule has 1 aromatic carbocycles. The second-order valence-corrected chi connectivity index (χ2v) is 9.83. The van der Waals surface area contributed by atoms with Crippen molar-refractivity contribution < 1.29 is 13.2 Å². The number of aromatic nitrogens is 4. The lowest BCUT2D eigenvalue weighted by molar-refractivity contribution is -0.141. The average Bonchev–Trinajstić information content (AvgIpc) is 2.89. The zero-order valence-electron chi connectivity index (χ0n) is 22.4. The topological polar surface area (TPSA) is 99.2 Å². The van der Waals surface area contributed by atoms with Gasteiger partial charge in [-0.05, 0) is 68.5 Å². The molecule has 39 heavy (non-hydrogen) atoms. The molecule has 4 rings (SSSR count). The number of halogens is 3. The number of aromatic amines is 1. The molecule has 0 saturated carbocycles. The smallest absolute Gasteiger partial charge is 0.342 e. The van der Waals surface area contributed by atoms with Crippen molar-refractivity contribution in [2.75, 3.05) is 42.9 Å². The van der Waals surface area contributed by atoms with Gasteiger partial charge in [0.15, 0.2) is 5.69 Å². The Hall–Kier alpha value is -3.67. The summed E-state index contributed by atoms with van der Waals surface area (Å²) in [6.07, 6.45) is -0.990. The van der Waals surface area contributed by atoms with Crippen LogP contribution in [-0.2, 0) is 19.1 Å². The summed E-state index contributed by atoms with van der Waals surface area (Å²) in [5.74, 6) is 0.447. The van der Waals surface area contributed by atoms with Gasteiger partial charge in [0.25, 0.3) is 5.56 Å². The molecule has 2 N–H and O–H groups in total. The van der Waals surface area contributed by atoms with Crippen LogP contribution in [0, 0.1) is 13.8 Å². The third-order valence-corrected chi connectivity index (χ3v) is 7.02. The summed E-state index contributed by atoms with van der Waals surface area (Å²) in [5, 5.41) is 3.11. The Morgan fingerprint density at radius 3 is 2.38 bits per heavy atom. The van der Waals surface area contributed by atoms with E-state index >= 15 is 0 Å². The Labute approximate surface area is 224 Å². The van der Waals surface area contributed by atoms with Crippen LogP contribution in [0.2, 0.25) is 0 Å². The van der Waals surface area contributed by atoms with Gasteiger partial charge in [-0.3, -0.25) is 19.2 Å². The third-order valence-electron chi connectivity index (χ3n) is 7.02. The van der Waals surface area contributed by atoms with Crippen LogP contribution in [0.3, 0.4) is 0 Å². The van der Waals surface area contributed by atoms with Crippen molar-refractivity contribution in [3.63, 3.8) is 0 Å². The van der Waals surface area contributed by atoms with E-state index in [4.69, 9.17) is 0 Å². The number of piperazine rings is 1. The fraction of sp³-hybridized carbons (Fsp3) is 0.481. The minimum atomic E-state index is -4.51. The predicted molar refractivity (Wildman–Crippen MR) is 145 cm³/mol. The predicted octanol–water partition coefficient (Wildman–Crippen LogP) is 3.87. The number of H-pyrrole nitrogens is 1. The number of benzene rings is 1. The average molecular weight is 546 g/mol. The number of hydrogen-bond acceptors (Lipinski definition) is 7. The van der Waals surface area contributed by atoms with Gasteiger partial charge in [0, 0.05) is 50.7 Å². The molecule has 3 aromatic rings. The van der Waals surface area contributed by atoms with E-state index in [0.29, 0.717) is 45.0 Å². The van der Waals surface area contributed by atoms with Crippen LogP contribution in [0.15, 0.2) is 40.1 Å². The molecule has 2 aromatic heterocycles. The molecule has 0 amide bonds. The van der Waals surface area contributed by atoms with E-state index in [1.54, 1.807) is 4.90 Å². The summed E-state index contributed by atoms with van der Waals surface area (Å²) in [4.78, 5) is 39.7. The molecule has 1 saturated heterocycles. The van der Waals surface area contributed by atoms with Crippen LogP contribution in [0.25, 0.3) is 0 Å². The SMILES string of the molecule is CCc1cc(Nc2cc(=O)n(CCCCN3CCN(c4ncc(C)c(C(F)(F)F)n4)CC3)c(=O)[nH]2)ccc1C. The minimum Gasteiger partial charge on any atom is -0.342 e. The minimum absolute atomic E-state index is 0.00515. The third kappa shape index (κ3) is 7.05. The summed E-state index contributed by atoms with van der Waals surface area (Å²) < 4.78 is 40.8. The fourth-order valence-corrected chi connectivity index (χ4v) is 4.73. The van der Waals surface area contributed by atoms with Gasteiger partial charge in [-0.15, -0.1) is 0 Å². The van der Waals surface area contributed by atoms with Crippen molar-refractivity contribution in [1.82, 2.24) is 24.4 Å². The van der Waals surface area contributed by atoms with Gasteiger partial charge in [0.2, 0.25) is 5.95 Å². The molecular formula is C27H34F3N7O2. The van der Waals surface area contributed by atoms with Gasteiger partial charge in [-0.1, -0.05) is 13.0 Å². The maximum atomic E-state index is 13.2. The molecule has 12 heteroatoms. The molecule has 0 unspecified atom stereocenters. The van der Waals surface area contributed by atoms with E-state index in [1.165, 1.54) is 34.9 Å². The molecule has 0 spiro atoms. The number of rotatable bonds is 9. The highest BCUT2D eigenvalue weighted by atomic mass is 19.4. The van der Waals surface area contributed by atoms with Crippen LogP contribution in [0.4, 0.5) is 30.6 Å². The summed E-state index contributed by atoms with van der Waals surface area (Å²) in [6, 6.07) is 7.31. The Bertz CT molecular complexity index is 1380. The molecule has 0 aliphatic carbocycles. The fourth-order valence-electron chi connectivity index (χ4n) is 4.73. The number of alkyl halides is 3. The zero-order valence-corrected chi connectivity index (χ0v) is 22.4. The van der Waals surface area contributed by atoms with Gasteiger partial charge in [0.05, 0.1) is 0 Å². The first kappa shape index (κ1) is 28.3. The number of anilines is 3. The van der Waals surface area contributed by atoms with E-state index in [0.717, 1.165) is 25.1 Å². The summed E-state index contributed by atoms with van der Waals surface area (Å²) in [6.45, 7) is 8.91. The largest absolute Gasteiger partial charge is 0.433 e. The normalized spacial score (nSPS) is 14.6. The first-order valence-corrected chi connectivity index (χ1v) is 13.1. The summed E-state index contributed by atoms with van der Waals surface area (Å²) >= 11 is 0.